The molecular weight excluding hydrogens is 374 g/mol. The van der Waals surface area contributed by atoms with Gasteiger partial charge in [-0.25, -0.2) is 0 Å². The van der Waals surface area contributed by atoms with E-state index in [-0.39, 0.29) is 17.1 Å². The molecule has 28 heavy (non-hydrogen) atoms. The highest BCUT2D eigenvalue weighted by Gasteiger charge is 2.20. The summed E-state index contributed by atoms with van der Waals surface area (Å²) in [5.41, 5.74) is 1.93. The Morgan fingerprint density at radius 3 is 2.68 bits per heavy atom. The number of ether oxygens (including phenoxy) is 1. The van der Waals surface area contributed by atoms with Crippen molar-refractivity contribution < 1.29 is 14.6 Å². The summed E-state index contributed by atoms with van der Waals surface area (Å²) in [6.45, 7) is 5.03. The van der Waals surface area contributed by atoms with Crippen molar-refractivity contribution in [3.05, 3.63) is 64.2 Å². The number of hydrogen-bond donors (Lipinski definition) is 1. The molecule has 0 bridgehead atoms. The van der Waals surface area contributed by atoms with Crippen molar-refractivity contribution in [1.82, 2.24) is 4.90 Å². The Morgan fingerprint density at radius 1 is 1.29 bits per heavy atom. The van der Waals surface area contributed by atoms with Gasteiger partial charge in [0.1, 0.15) is 11.5 Å². The normalized spacial score (nSPS) is 15.8. The van der Waals surface area contributed by atoms with Gasteiger partial charge >= 0.3 is 0 Å². The van der Waals surface area contributed by atoms with E-state index in [9.17, 15) is 9.90 Å². The van der Waals surface area contributed by atoms with E-state index in [0.717, 1.165) is 30.1 Å². The molecule has 1 fully saturated rings. The average Bonchev–Trinajstić information content (AvgIpc) is 2.69. The number of benzene rings is 2. The van der Waals surface area contributed by atoms with Gasteiger partial charge in [-0.1, -0.05) is 36.7 Å². The number of phenols is 1. The average molecular weight is 400 g/mol. The minimum absolute atomic E-state index is 0.0818. The van der Waals surface area contributed by atoms with E-state index in [0.29, 0.717) is 17.3 Å². The van der Waals surface area contributed by atoms with Gasteiger partial charge in [-0.05, 0) is 61.7 Å². The highest BCUT2D eigenvalue weighted by Crippen LogP contribution is 2.31. The predicted molar refractivity (Wildman–Crippen MR) is 113 cm³/mol. The first-order valence-corrected chi connectivity index (χ1v) is 9.95. The van der Waals surface area contributed by atoms with Crippen LogP contribution in [0.2, 0.25) is 5.02 Å². The molecule has 4 nitrogen and oxygen atoms in total. The van der Waals surface area contributed by atoms with Gasteiger partial charge < -0.3 is 9.84 Å². The van der Waals surface area contributed by atoms with Crippen molar-refractivity contribution >= 4 is 23.5 Å². The summed E-state index contributed by atoms with van der Waals surface area (Å²) in [6, 6.07) is 10.6. The second-order valence-corrected chi connectivity index (χ2v) is 7.77. The second-order valence-electron chi connectivity index (χ2n) is 7.36. The number of aromatic hydroxyl groups is 1. The van der Waals surface area contributed by atoms with Gasteiger partial charge in [0.25, 0.3) is 0 Å². The van der Waals surface area contributed by atoms with Gasteiger partial charge in [0.2, 0.25) is 0 Å². The van der Waals surface area contributed by atoms with E-state index in [4.69, 9.17) is 16.3 Å². The fourth-order valence-corrected chi connectivity index (χ4v) is 3.65. The van der Waals surface area contributed by atoms with E-state index in [1.165, 1.54) is 25.0 Å². The monoisotopic (exact) mass is 399 g/mol. The number of allylic oxidation sites excluding steroid dienone is 1. The van der Waals surface area contributed by atoms with E-state index in [2.05, 4.69) is 11.8 Å². The largest absolute Gasteiger partial charge is 0.507 e. The van der Waals surface area contributed by atoms with Gasteiger partial charge in [-0.3, -0.25) is 9.69 Å². The lowest BCUT2D eigenvalue weighted by Crippen LogP contribution is -2.32. The zero-order valence-corrected chi connectivity index (χ0v) is 17.1. The van der Waals surface area contributed by atoms with Crippen LogP contribution in [-0.4, -0.2) is 36.0 Å². The molecule has 1 N–H and O–H groups in total. The molecule has 1 aliphatic rings. The Kier molecular flexibility index (Phi) is 6.76. The molecule has 1 saturated heterocycles. The molecule has 1 heterocycles. The fraction of sp³-hybridized carbons (Fsp3) is 0.348. The van der Waals surface area contributed by atoms with Crippen LogP contribution in [0.4, 0.5) is 0 Å². The zero-order valence-electron chi connectivity index (χ0n) is 16.3. The minimum atomic E-state index is -0.270. The number of nitrogens with zero attached hydrogens (tertiary/aromatic N) is 1. The second kappa shape index (κ2) is 9.26. The van der Waals surface area contributed by atoms with Gasteiger partial charge in [-0.2, -0.15) is 0 Å². The number of ketones is 1. The molecule has 0 unspecified atom stereocenters. The molecule has 0 spiro atoms. The smallest absolute Gasteiger partial charge is 0.189 e. The molecule has 0 aliphatic carbocycles. The summed E-state index contributed by atoms with van der Waals surface area (Å²) in [7, 11) is 1.58. The van der Waals surface area contributed by atoms with Gasteiger partial charge in [0.05, 0.1) is 12.7 Å². The van der Waals surface area contributed by atoms with Crippen molar-refractivity contribution in [3.63, 3.8) is 0 Å². The first-order valence-electron chi connectivity index (χ1n) is 9.57. The molecule has 0 radical (unpaired) electrons. The molecule has 2 aromatic carbocycles. The Labute approximate surface area is 171 Å². The van der Waals surface area contributed by atoms with E-state index >= 15 is 0 Å². The molecular formula is C23H26ClNO3. The van der Waals surface area contributed by atoms with E-state index in [1.807, 2.05) is 18.2 Å². The van der Waals surface area contributed by atoms with Crippen LogP contribution in [0.5, 0.6) is 11.5 Å². The molecule has 148 valence electrons. The third kappa shape index (κ3) is 4.94. The Bertz CT molecular complexity index is 870. The SMILES string of the molecule is COc1cc(O)c(C(=O)/C=C/c2ccccc2Cl)cc1CN1CCC(C)CC1. The maximum Gasteiger partial charge on any atom is 0.189 e. The highest BCUT2D eigenvalue weighted by atomic mass is 35.5. The molecule has 3 rings (SSSR count). The lowest BCUT2D eigenvalue weighted by molar-refractivity contribution is 0.104. The fourth-order valence-electron chi connectivity index (χ4n) is 3.45. The van der Waals surface area contributed by atoms with Crippen molar-refractivity contribution in [2.75, 3.05) is 20.2 Å². The lowest BCUT2D eigenvalue weighted by Gasteiger charge is -2.30. The Hall–Kier alpha value is -2.30. The molecule has 0 amide bonds. The van der Waals surface area contributed by atoms with Crippen molar-refractivity contribution in [1.29, 1.82) is 0 Å². The van der Waals surface area contributed by atoms with Crippen LogP contribution in [0.15, 0.2) is 42.5 Å². The van der Waals surface area contributed by atoms with Crippen molar-refractivity contribution in [3.8, 4) is 11.5 Å². The maximum absolute atomic E-state index is 12.7. The van der Waals surface area contributed by atoms with Crippen LogP contribution in [0, 0.1) is 5.92 Å². The maximum atomic E-state index is 12.7. The number of rotatable bonds is 6. The van der Waals surface area contributed by atoms with Crippen molar-refractivity contribution in [2.45, 2.75) is 26.3 Å². The molecule has 1 aliphatic heterocycles. The van der Waals surface area contributed by atoms with Crippen molar-refractivity contribution in [2.24, 2.45) is 5.92 Å². The predicted octanol–water partition coefficient (Wildman–Crippen LogP) is 5.18. The number of methoxy groups -OCH3 is 1. The van der Waals surface area contributed by atoms with E-state index in [1.54, 1.807) is 25.3 Å². The number of phenolic OH excluding ortho intramolecular Hbond substituents is 1. The first kappa shape index (κ1) is 20.4. The molecule has 0 aromatic heterocycles. The van der Waals surface area contributed by atoms with Crippen LogP contribution < -0.4 is 4.74 Å². The third-order valence-corrected chi connectivity index (χ3v) is 5.60. The standard InChI is InChI=1S/C23H26ClNO3/c1-16-9-11-25(12-10-16)15-18-13-19(22(27)14-23(18)28-2)21(26)8-7-17-5-3-4-6-20(17)24/h3-8,13-14,16,27H,9-12,15H2,1-2H3/b8-7+. The number of carbonyl (C=O) groups is 1. The number of hydrogen-bond acceptors (Lipinski definition) is 4. The topological polar surface area (TPSA) is 49.8 Å². The highest BCUT2D eigenvalue weighted by molar-refractivity contribution is 6.32. The van der Waals surface area contributed by atoms with Crippen LogP contribution in [0.3, 0.4) is 0 Å². The zero-order chi connectivity index (χ0) is 20.1. The summed E-state index contributed by atoms with van der Waals surface area (Å²) in [5, 5.41) is 10.9. The molecule has 0 atom stereocenters. The Balaban J connectivity index is 1.82. The summed E-state index contributed by atoms with van der Waals surface area (Å²) in [5.74, 6) is 1.00. The minimum Gasteiger partial charge on any atom is -0.507 e. The summed E-state index contributed by atoms with van der Waals surface area (Å²) in [4.78, 5) is 15.1. The van der Waals surface area contributed by atoms with Crippen LogP contribution >= 0.6 is 11.6 Å². The molecule has 0 saturated carbocycles. The van der Waals surface area contributed by atoms with Gasteiger partial charge in [-0.15, -0.1) is 0 Å². The number of likely N-dealkylation sites (tertiary alicyclic amines) is 1. The van der Waals surface area contributed by atoms with Crippen LogP contribution in [0.25, 0.3) is 6.08 Å². The summed E-state index contributed by atoms with van der Waals surface area (Å²) >= 11 is 6.13. The lowest BCUT2D eigenvalue weighted by atomic mass is 9.98. The van der Waals surface area contributed by atoms with Gasteiger partial charge in [0.15, 0.2) is 5.78 Å². The quantitative estimate of drug-likeness (QED) is 0.537. The number of halogens is 1. The Morgan fingerprint density at radius 2 is 2.00 bits per heavy atom. The molecule has 2 aromatic rings. The van der Waals surface area contributed by atoms with Crippen LogP contribution in [0.1, 0.15) is 41.3 Å². The summed E-state index contributed by atoms with van der Waals surface area (Å²) < 4.78 is 5.44. The van der Waals surface area contributed by atoms with E-state index < -0.39 is 0 Å². The third-order valence-electron chi connectivity index (χ3n) is 5.25. The van der Waals surface area contributed by atoms with Gasteiger partial charge in [0, 0.05) is 23.2 Å². The number of piperidine rings is 1. The summed E-state index contributed by atoms with van der Waals surface area (Å²) in [6.07, 6.45) is 5.45. The number of carbonyl (C=O) groups excluding carboxylic acids is 1. The van der Waals surface area contributed by atoms with Crippen LogP contribution in [-0.2, 0) is 6.54 Å². The first-order chi connectivity index (χ1) is 13.5. The molecule has 5 heteroatoms.